The molecular formula is C16H19FN2O. The summed E-state index contributed by atoms with van der Waals surface area (Å²) in [5.74, 6) is 0.406. The highest BCUT2D eigenvalue weighted by Crippen LogP contribution is 2.16. The largest absolute Gasteiger partial charge is 0.489 e. The molecule has 1 atom stereocenters. The molecule has 0 aliphatic rings. The first kappa shape index (κ1) is 14.5. The van der Waals surface area contributed by atoms with Gasteiger partial charge in [-0.15, -0.1) is 0 Å². The van der Waals surface area contributed by atoms with E-state index in [2.05, 4.69) is 11.9 Å². The predicted octanol–water partition coefficient (Wildman–Crippen LogP) is 3.08. The van der Waals surface area contributed by atoms with Gasteiger partial charge in [-0.3, -0.25) is 4.98 Å². The van der Waals surface area contributed by atoms with Crippen molar-refractivity contribution >= 4 is 0 Å². The molecule has 0 aliphatic carbocycles. The molecule has 2 rings (SSSR count). The molecule has 0 bridgehead atoms. The molecular weight excluding hydrogens is 255 g/mol. The van der Waals surface area contributed by atoms with Gasteiger partial charge in [0.2, 0.25) is 0 Å². The van der Waals surface area contributed by atoms with Crippen molar-refractivity contribution in [3.05, 3.63) is 59.7 Å². The van der Waals surface area contributed by atoms with Crippen molar-refractivity contribution < 1.29 is 9.13 Å². The molecule has 20 heavy (non-hydrogen) atoms. The van der Waals surface area contributed by atoms with E-state index in [0.29, 0.717) is 12.2 Å². The van der Waals surface area contributed by atoms with Crippen LogP contribution in [-0.2, 0) is 13.0 Å². The molecule has 0 fully saturated rings. The molecule has 2 aromatic rings. The third-order valence-electron chi connectivity index (χ3n) is 3.09. The van der Waals surface area contributed by atoms with Gasteiger partial charge in [0.1, 0.15) is 18.2 Å². The second-order valence-electron chi connectivity index (χ2n) is 4.82. The molecule has 0 saturated heterocycles. The zero-order valence-electron chi connectivity index (χ0n) is 11.6. The van der Waals surface area contributed by atoms with Crippen molar-refractivity contribution in [2.24, 2.45) is 5.73 Å². The number of benzene rings is 1. The molecule has 4 heteroatoms. The Bertz CT molecular complexity index is 560. The van der Waals surface area contributed by atoms with Crippen molar-refractivity contribution in [3.63, 3.8) is 0 Å². The van der Waals surface area contributed by atoms with Gasteiger partial charge in [0.15, 0.2) is 0 Å². The number of hydrogen-bond acceptors (Lipinski definition) is 3. The number of rotatable bonds is 6. The Kier molecular flexibility index (Phi) is 5.07. The standard InChI is InChI=1S/C16H19FN2O/c1-2-15(18)7-12-4-3-5-16(8-12)20-11-13-6-14(17)10-19-9-13/h3-6,8-10,15H,2,7,11,18H2,1H3. The Morgan fingerprint density at radius 3 is 2.85 bits per heavy atom. The van der Waals surface area contributed by atoms with E-state index >= 15 is 0 Å². The number of nitrogens with two attached hydrogens (primary N) is 1. The van der Waals surface area contributed by atoms with Gasteiger partial charge in [-0.05, 0) is 36.6 Å². The Labute approximate surface area is 118 Å². The molecule has 1 heterocycles. The van der Waals surface area contributed by atoms with E-state index in [1.165, 1.54) is 12.3 Å². The van der Waals surface area contributed by atoms with E-state index in [1.807, 2.05) is 24.3 Å². The lowest BCUT2D eigenvalue weighted by Gasteiger charge is -2.11. The van der Waals surface area contributed by atoms with Crippen LogP contribution in [0.4, 0.5) is 4.39 Å². The molecule has 0 saturated carbocycles. The fourth-order valence-corrected chi connectivity index (χ4v) is 1.91. The van der Waals surface area contributed by atoms with Crippen LogP contribution < -0.4 is 10.5 Å². The minimum Gasteiger partial charge on any atom is -0.489 e. The summed E-state index contributed by atoms with van der Waals surface area (Å²) in [6.07, 6.45) is 4.55. The average Bonchev–Trinajstić information content (AvgIpc) is 2.45. The van der Waals surface area contributed by atoms with Crippen molar-refractivity contribution in [3.8, 4) is 5.75 Å². The SMILES string of the molecule is CCC(N)Cc1cccc(OCc2cncc(F)c2)c1. The summed E-state index contributed by atoms with van der Waals surface area (Å²) in [6.45, 7) is 2.37. The van der Waals surface area contributed by atoms with Crippen molar-refractivity contribution in [1.82, 2.24) is 4.98 Å². The van der Waals surface area contributed by atoms with Crippen LogP contribution in [-0.4, -0.2) is 11.0 Å². The van der Waals surface area contributed by atoms with Crippen LogP contribution in [0.5, 0.6) is 5.75 Å². The fraction of sp³-hybridized carbons (Fsp3) is 0.312. The summed E-state index contributed by atoms with van der Waals surface area (Å²) >= 11 is 0. The van der Waals surface area contributed by atoms with Crippen LogP contribution in [0.2, 0.25) is 0 Å². The topological polar surface area (TPSA) is 48.1 Å². The smallest absolute Gasteiger partial charge is 0.141 e. The molecule has 2 N–H and O–H groups in total. The number of pyridine rings is 1. The van der Waals surface area contributed by atoms with E-state index in [1.54, 1.807) is 6.20 Å². The van der Waals surface area contributed by atoms with Gasteiger partial charge in [0, 0.05) is 17.8 Å². The van der Waals surface area contributed by atoms with Gasteiger partial charge in [0.05, 0.1) is 6.20 Å². The average molecular weight is 274 g/mol. The molecule has 0 aliphatic heterocycles. The highest BCUT2D eigenvalue weighted by atomic mass is 19.1. The van der Waals surface area contributed by atoms with E-state index in [-0.39, 0.29) is 11.9 Å². The van der Waals surface area contributed by atoms with E-state index in [0.717, 1.165) is 24.2 Å². The molecule has 0 radical (unpaired) electrons. The predicted molar refractivity (Wildman–Crippen MR) is 76.9 cm³/mol. The van der Waals surface area contributed by atoms with Crippen LogP contribution >= 0.6 is 0 Å². The Balaban J connectivity index is 1.97. The second-order valence-corrected chi connectivity index (χ2v) is 4.82. The lowest BCUT2D eigenvalue weighted by Crippen LogP contribution is -2.21. The summed E-state index contributed by atoms with van der Waals surface area (Å²) in [5, 5.41) is 0. The van der Waals surface area contributed by atoms with Crippen molar-refractivity contribution in [2.45, 2.75) is 32.4 Å². The molecule has 1 unspecified atom stereocenters. The van der Waals surface area contributed by atoms with Crippen LogP contribution in [0.25, 0.3) is 0 Å². The highest BCUT2D eigenvalue weighted by molar-refractivity contribution is 5.29. The molecule has 0 spiro atoms. The monoisotopic (exact) mass is 274 g/mol. The normalized spacial score (nSPS) is 12.2. The summed E-state index contributed by atoms with van der Waals surface area (Å²) in [4.78, 5) is 3.79. The van der Waals surface area contributed by atoms with Crippen LogP contribution in [0, 0.1) is 5.82 Å². The summed E-state index contributed by atoms with van der Waals surface area (Å²) in [5.41, 5.74) is 7.80. The molecule has 3 nitrogen and oxygen atoms in total. The third kappa shape index (κ3) is 4.31. The van der Waals surface area contributed by atoms with Gasteiger partial charge in [0.25, 0.3) is 0 Å². The summed E-state index contributed by atoms with van der Waals surface area (Å²) in [7, 11) is 0. The summed E-state index contributed by atoms with van der Waals surface area (Å²) in [6, 6.07) is 9.42. The van der Waals surface area contributed by atoms with Crippen molar-refractivity contribution in [2.75, 3.05) is 0 Å². The van der Waals surface area contributed by atoms with Gasteiger partial charge < -0.3 is 10.5 Å². The lowest BCUT2D eigenvalue weighted by atomic mass is 10.0. The zero-order chi connectivity index (χ0) is 14.4. The zero-order valence-corrected chi connectivity index (χ0v) is 11.6. The van der Waals surface area contributed by atoms with Crippen LogP contribution in [0.1, 0.15) is 24.5 Å². The number of hydrogen-bond donors (Lipinski definition) is 1. The maximum atomic E-state index is 13.0. The minimum atomic E-state index is -0.353. The Morgan fingerprint density at radius 1 is 1.25 bits per heavy atom. The van der Waals surface area contributed by atoms with Crippen molar-refractivity contribution in [1.29, 1.82) is 0 Å². The van der Waals surface area contributed by atoms with Gasteiger partial charge >= 0.3 is 0 Å². The summed E-state index contributed by atoms with van der Waals surface area (Å²) < 4.78 is 18.7. The first-order valence-corrected chi connectivity index (χ1v) is 6.74. The van der Waals surface area contributed by atoms with Gasteiger partial charge in [-0.2, -0.15) is 0 Å². The Hall–Kier alpha value is -1.94. The van der Waals surface area contributed by atoms with Crippen LogP contribution in [0.3, 0.4) is 0 Å². The van der Waals surface area contributed by atoms with Gasteiger partial charge in [-0.1, -0.05) is 19.1 Å². The molecule has 1 aromatic carbocycles. The maximum absolute atomic E-state index is 13.0. The van der Waals surface area contributed by atoms with E-state index < -0.39 is 0 Å². The third-order valence-corrected chi connectivity index (χ3v) is 3.09. The first-order chi connectivity index (χ1) is 9.67. The fourth-order valence-electron chi connectivity index (χ4n) is 1.91. The lowest BCUT2D eigenvalue weighted by molar-refractivity contribution is 0.304. The molecule has 106 valence electrons. The second kappa shape index (κ2) is 7.01. The number of nitrogens with zero attached hydrogens (tertiary/aromatic N) is 1. The molecule has 0 amide bonds. The van der Waals surface area contributed by atoms with E-state index in [9.17, 15) is 4.39 Å². The Morgan fingerprint density at radius 2 is 2.10 bits per heavy atom. The molecule has 1 aromatic heterocycles. The first-order valence-electron chi connectivity index (χ1n) is 6.74. The number of ether oxygens (including phenoxy) is 1. The van der Waals surface area contributed by atoms with Gasteiger partial charge in [-0.25, -0.2) is 4.39 Å². The van der Waals surface area contributed by atoms with Crippen LogP contribution in [0.15, 0.2) is 42.7 Å². The number of halogens is 1. The quantitative estimate of drug-likeness (QED) is 0.880. The highest BCUT2D eigenvalue weighted by Gasteiger charge is 2.03. The maximum Gasteiger partial charge on any atom is 0.141 e. The van der Waals surface area contributed by atoms with E-state index in [4.69, 9.17) is 10.5 Å². The minimum absolute atomic E-state index is 0.165. The number of aromatic nitrogens is 1.